The maximum absolute atomic E-state index is 11.1. The Kier molecular flexibility index (Phi) is 4.28. The average molecular weight is 260 g/mol. The van der Waals surface area contributed by atoms with E-state index < -0.39 is 17.0 Å². The molecule has 7 heteroatoms. The molecule has 0 unspecified atom stereocenters. The number of hydrogen-bond donors (Lipinski definition) is 0. The maximum Gasteiger partial charge on any atom is 0.346 e. The van der Waals surface area contributed by atoms with E-state index >= 15 is 0 Å². The predicted molar refractivity (Wildman–Crippen MR) is 60.2 cm³/mol. The molecule has 0 saturated heterocycles. The second-order valence-corrected chi connectivity index (χ2v) is 3.56. The number of carbonyl (C=O) groups excluding carboxylic acids is 1. The van der Waals surface area contributed by atoms with Crippen LogP contribution in [-0.4, -0.2) is 24.1 Å². The second-order valence-electron chi connectivity index (χ2n) is 3.16. The van der Waals surface area contributed by atoms with Crippen molar-refractivity contribution >= 4 is 23.3 Å². The molecule has 1 aromatic rings. The Hall–Kier alpha value is -1.82. The first kappa shape index (κ1) is 13.2. The first-order valence-corrected chi connectivity index (χ1v) is 5.02. The van der Waals surface area contributed by atoms with Crippen LogP contribution in [0.4, 0.5) is 5.69 Å². The largest absolute Gasteiger partial charge is 0.477 e. The number of nitro benzene ring substituents is 1. The summed E-state index contributed by atoms with van der Waals surface area (Å²) in [5, 5.41) is 10.7. The summed E-state index contributed by atoms with van der Waals surface area (Å²) in [6.07, 6.45) is -0.889. The zero-order valence-corrected chi connectivity index (χ0v) is 9.93. The summed E-state index contributed by atoms with van der Waals surface area (Å²) in [5.74, 6) is -0.522. The standard InChI is InChI=1S/C10H10ClNO5/c1-6(10(13)16-2)17-9-5-7(12(14)15)3-4-8(9)11/h3-6H,1-2H3/t6-/m0/s1. The van der Waals surface area contributed by atoms with Crippen molar-refractivity contribution in [1.29, 1.82) is 0 Å². The van der Waals surface area contributed by atoms with Crippen molar-refractivity contribution in [3.8, 4) is 5.75 Å². The molecule has 0 bridgehead atoms. The van der Waals surface area contributed by atoms with Gasteiger partial charge in [-0.25, -0.2) is 4.79 Å². The Morgan fingerprint density at radius 2 is 2.18 bits per heavy atom. The third kappa shape index (κ3) is 3.32. The lowest BCUT2D eigenvalue weighted by atomic mass is 10.3. The van der Waals surface area contributed by atoms with Gasteiger partial charge < -0.3 is 9.47 Å². The van der Waals surface area contributed by atoms with Crippen molar-refractivity contribution in [3.63, 3.8) is 0 Å². The molecule has 0 spiro atoms. The van der Waals surface area contributed by atoms with E-state index in [-0.39, 0.29) is 16.5 Å². The van der Waals surface area contributed by atoms with E-state index in [1.54, 1.807) is 0 Å². The van der Waals surface area contributed by atoms with Crippen LogP contribution in [0.3, 0.4) is 0 Å². The molecule has 0 amide bonds. The topological polar surface area (TPSA) is 78.7 Å². The van der Waals surface area contributed by atoms with Crippen LogP contribution in [0.25, 0.3) is 0 Å². The molecule has 1 aromatic carbocycles. The van der Waals surface area contributed by atoms with Crippen LogP contribution in [0, 0.1) is 10.1 Å². The van der Waals surface area contributed by atoms with Crippen LogP contribution in [0.2, 0.25) is 5.02 Å². The molecule has 1 rings (SSSR count). The number of halogens is 1. The summed E-state index contributed by atoms with van der Waals surface area (Å²) >= 11 is 5.79. The zero-order chi connectivity index (χ0) is 13.0. The number of methoxy groups -OCH3 is 1. The fourth-order valence-electron chi connectivity index (χ4n) is 1.10. The zero-order valence-electron chi connectivity index (χ0n) is 9.18. The number of carbonyl (C=O) groups is 1. The van der Waals surface area contributed by atoms with Gasteiger partial charge in [0.15, 0.2) is 6.10 Å². The van der Waals surface area contributed by atoms with Crippen LogP contribution in [0.5, 0.6) is 5.75 Å². The summed E-state index contributed by atoms with van der Waals surface area (Å²) in [6, 6.07) is 3.73. The number of rotatable bonds is 4. The monoisotopic (exact) mass is 259 g/mol. The van der Waals surface area contributed by atoms with E-state index in [4.69, 9.17) is 16.3 Å². The SMILES string of the molecule is COC(=O)[C@H](C)Oc1cc([N+](=O)[O-])ccc1Cl. The number of benzene rings is 1. The van der Waals surface area contributed by atoms with Crippen LogP contribution < -0.4 is 4.74 Å². The smallest absolute Gasteiger partial charge is 0.346 e. The number of nitro groups is 1. The number of hydrogen-bond acceptors (Lipinski definition) is 5. The summed E-state index contributed by atoms with van der Waals surface area (Å²) in [6.45, 7) is 1.46. The predicted octanol–water partition coefficient (Wildman–Crippen LogP) is 2.19. The van der Waals surface area contributed by atoms with E-state index in [2.05, 4.69) is 4.74 Å². The highest BCUT2D eigenvalue weighted by atomic mass is 35.5. The van der Waals surface area contributed by atoms with E-state index in [1.807, 2.05) is 0 Å². The first-order valence-electron chi connectivity index (χ1n) is 4.64. The van der Waals surface area contributed by atoms with Gasteiger partial charge in [0.05, 0.1) is 23.1 Å². The molecule has 92 valence electrons. The summed E-state index contributed by atoms with van der Waals surface area (Å²) in [7, 11) is 1.22. The van der Waals surface area contributed by atoms with Gasteiger partial charge in [-0.1, -0.05) is 11.6 Å². The molecule has 0 radical (unpaired) electrons. The van der Waals surface area contributed by atoms with E-state index in [0.717, 1.165) is 6.07 Å². The normalized spacial score (nSPS) is 11.7. The number of esters is 1. The molecule has 0 aromatic heterocycles. The first-order chi connectivity index (χ1) is 7.95. The Bertz CT molecular complexity index is 448. The van der Waals surface area contributed by atoms with E-state index in [9.17, 15) is 14.9 Å². The molecule has 17 heavy (non-hydrogen) atoms. The Morgan fingerprint density at radius 3 is 2.71 bits per heavy atom. The van der Waals surface area contributed by atoms with Crippen molar-refractivity contribution < 1.29 is 19.2 Å². The number of nitrogens with zero attached hydrogens (tertiary/aromatic N) is 1. The molecule has 1 atom stereocenters. The van der Waals surface area contributed by atoms with Gasteiger partial charge in [-0.05, 0) is 13.0 Å². The van der Waals surface area contributed by atoms with E-state index in [0.29, 0.717) is 0 Å². The number of ether oxygens (including phenoxy) is 2. The van der Waals surface area contributed by atoms with Gasteiger partial charge in [0.25, 0.3) is 5.69 Å². The highest BCUT2D eigenvalue weighted by Gasteiger charge is 2.18. The molecule has 6 nitrogen and oxygen atoms in total. The molecule has 0 fully saturated rings. The third-order valence-corrected chi connectivity index (χ3v) is 2.27. The average Bonchev–Trinajstić information content (AvgIpc) is 2.30. The minimum absolute atomic E-state index is 0.0683. The minimum atomic E-state index is -0.889. The highest BCUT2D eigenvalue weighted by molar-refractivity contribution is 6.32. The highest BCUT2D eigenvalue weighted by Crippen LogP contribution is 2.29. The van der Waals surface area contributed by atoms with E-state index in [1.165, 1.54) is 26.2 Å². The van der Waals surface area contributed by atoms with Crippen LogP contribution >= 0.6 is 11.6 Å². The quantitative estimate of drug-likeness (QED) is 0.470. The molecular formula is C10H10ClNO5. The van der Waals surface area contributed by atoms with Gasteiger partial charge in [-0.3, -0.25) is 10.1 Å². The molecule has 0 N–H and O–H groups in total. The Labute approximate surface area is 102 Å². The van der Waals surface area contributed by atoms with Crippen molar-refractivity contribution in [1.82, 2.24) is 0 Å². The summed E-state index contributed by atoms with van der Waals surface area (Å²) in [5.41, 5.74) is -0.165. The molecule has 0 aliphatic heterocycles. The van der Waals surface area contributed by atoms with Crippen LogP contribution in [-0.2, 0) is 9.53 Å². The molecule has 0 heterocycles. The molecule has 0 aliphatic rings. The van der Waals surface area contributed by atoms with Gasteiger partial charge in [0.1, 0.15) is 5.75 Å². The van der Waals surface area contributed by atoms with Crippen LogP contribution in [0.1, 0.15) is 6.92 Å². The van der Waals surface area contributed by atoms with Gasteiger partial charge in [0, 0.05) is 6.07 Å². The van der Waals surface area contributed by atoms with Gasteiger partial charge in [0.2, 0.25) is 0 Å². The van der Waals surface area contributed by atoms with Gasteiger partial charge in [-0.2, -0.15) is 0 Å². The summed E-state index contributed by atoms with van der Waals surface area (Å²) < 4.78 is 9.64. The molecule has 0 saturated carbocycles. The lowest BCUT2D eigenvalue weighted by molar-refractivity contribution is -0.384. The Morgan fingerprint density at radius 1 is 1.53 bits per heavy atom. The van der Waals surface area contributed by atoms with Gasteiger partial charge in [-0.15, -0.1) is 0 Å². The van der Waals surface area contributed by atoms with Crippen molar-refractivity contribution in [2.45, 2.75) is 13.0 Å². The lowest BCUT2D eigenvalue weighted by Crippen LogP contribution is -2.25. The summed E-state index contributed by atoms with van der Waals surface area (Å²) in [4.78, 5) is 21.1. The fraction of sp³-hybridized carbons (Fsp3) is 0.300. The molecule has 0 aliphatic carbocycles. The number of non-ortho nitro benzene ring substituents is 1. The molecular weight excluding hydrogens is 250 g/mol. The van der Waals surface area contributed by atoms with Crippen molar-refractivity contribution in [3.05, 3.63) is 33.3 Å². The maximum atomic E-state index is 11.1. The third-order valence-electron chi connectivity index (χ3n) is 1.96. The Balaban J connectivity index is 2.93. The fourth-order valence-corrected chi connectivity index (χ4v) is 1.26. The van der Waals surface area contributed by atoms with Crippen molar-refractivity contribution in [2.75, 3.05) is 7.11 Å². The second kappa shape index (κ2) is 5.49. The van der Waals surface area contributed by atoms with Crippen molar-refractivity contribution in [2.24, 2.45) is 0 Å². The van der Waals surface area contributed by atoms with Gasteiger partial charge >= 0.3 is 5.97 Å². The lowest BCUT2D eigenvalue weighted by Gasteiger charge is -2.13. The van der Waals surface area contributed by atoms with Crippen LogP contribution in [0.15, 0.2) is 18.2 Å². The minimum Gasteiger partial charge on any atom is -0.477 e.